The average molecular weight is 374 g/mol. The molecule has 4 rings (SSSR count). The van der Waals surface area contributed by atoms with E-state index in [1.54, 1.807) is 24.3 Å². The lowest BCUT2D eigenvalue weighted by Crippen LogP contribution is -2.04. The summed E-state index contributed by atoms with van der Waals surface area (Å²) < 4.78 is 13.4. The molecule has 0 atom stereocenters. The highest BCUT2D eigenvalue weighted by molar-refractivity contribution is 5.93. The molecule has 0 fully saturated rings. The van der Waals surface area contributed by atoms with Crippen LogP contribution < -0.4 is 10.6 Å². The molecule has 3 N–H and O–H groups in total. The second-order valence-electron chi connectivity index (χ2n) is 6.62. The molecule has 0 radical (unpaired) electrons. The van der Waals surface area contributed by atoms with Gasteiger partial charge in [-0.25, -0.2) is 9.37 Å². The number of rotatable bonds is 4. The average Bonchev–Trinajstić information content (AvgIpc) is 2.66. The summed E-state index contributed by atoms with van der Waals surface area (Å²) in [7, 11) is 0. The van der Waals surface area contributed by atoms with Crippen LogP contribution in [0.15, 0.2) is 60.7 Å². The Morgan fingerprint density at radius 2 is 1.61 bits per heavy atom. The minimum atomic E-state index is -0.292. The fourth-order valence-electron chi connectivity index (χ4n) is 3.00. The summed E-state index contributed by atoms with van der Waals surface area (Å²) in [5.74, 6) is 0.792. The van der Waals surface area contributed by atoms with E-state index in [1.165, 1.54) is 12.1 Å². The quantitative estimate of drug-likeness (QED) is 0.435. The molecular weight excluding hydrogens is 355 g/mol. The number of aromatic hydroxyl groups is 1. The maximum atomic E-state index is 13.4. The lowest BCUT2D eigenvalue weighted by Gasteiger charge is -2.14. The highest BCUT2D eigenvalue weighted by atomic mass is 19.1. The van der Waals surface area contributed by atoms with Crippen molar-refractivity contribution >= 4 is 34.0 Å². The van der Waals surface area contributed by atoms with E-state index in [-0.39, 0.29) is 11.6 Å². The number of nitrogens with zero attached hydrogens (tertiary/aromatic N) is 2. The summed E-state index contributed by atoms with van der Waals surface area (Å²) in [5.41, 5.74) is 4.13. The standard InChI is InChI=1S/C22H19FN4O/c1-13-5-3-4-6-18(13)24-21-17-12-16(28)8-10-20(17)26-22(27-21)25-19-9-7-15(23)11-14(19)2/h3-12,28H,1-2H3,(H2,24,25,26,27). The monoisotopic (exact) mass is 374 g/mol. The van der Waals surface area contributed by atoms with Crippen LogP contribution in [-0.2, 0) is 0 Å². The molecular formula is C22H19FN4O. The van der Waals surface area contributed by atoms with Gasteiger partial charge in [-0.2, -0.15) is 4.98 Å². The first-order chi connectivity index (χ1) is 13.5. The van der Waals surface area contributed by atoms with Crippen LogP contribution in [0.2, 0.25) is 0 Å². The third kappa shape index (κ3) is 3.57. The van der Waals surface area contributed by atoms with Gasteiger partial charge in [-0.1, -0.05) is 18.2 Å². The molecule has 3 aromatic carbocycles. The fourth-order valence-corrected chi connectivity index (χ4v) is 3.00. The van der Waals surface area contributed by atoms with Gasteiger partial charge < -0.3 is 15.7 Å². The maximum absolute atomic E-state index is 13.4. The van der Waals surface area contributed by atoms with Crippen molar-refractivity contribution in [3.05, 3.63) is 77.6 Å². The van der Waals surface area contributed by atoms with E-state index >= 15 is 0 Å². The highest BCUT2D eigenvalue weighted by Crippen LogP contribution is 2.30. The molecule has 0 saturated heterocycles. The largest absolute Gasteiger partial charge is 0.508 e. The molecule has 0 unspecified atom stereocenters. The van der Waals surface area contributed by atoms with Crippen LogP contribution in [0.5, 0.6) is 5.75 Å². The van der Waals surface area contributed by atoms with Gasteiger partial charge >= 0.3 is 0 Å². The van der Waals surface area contributed by atoms with Crippen LogP contribution in [0.4, 0.5) is 27.5 Å². The number of fused-ring (bicyclic) bond motifs is 1. The van der Waals surface area contributed by atoms with Crippen molar-refractivity contribution in [1.82, 2.24) is 9.97 Å². The van der Waals surface area contributed by atoms with Gasteiger partial charge in [0.2, 0.25) is 5.95 Å². The van der Waals surface area contributed by atoms with Gasteiger partial charge in [0.25, 0.3) is 0 Å². The fraction of sp³-hybridized carbons (Fsp3) is 0.0909. The first kappa shape index (κ1) is 17.7. The Kier molecular flexibility index (Phi) is 4.53. The van der Waals surface area contributed by atoms with Crippen LogP contribution in [-0.4, -0.2) is 15.1 Å². The van der Waals surface area contributed by atoms with Crippen LogP contribution in [0, 0.1) is 19.7 Å². The van der Waals surface area contributed by atoms with Crippen molar-refractivity contribution in [2.75, 3.05) is 10.6 Å². The molecule has 0 aliphatic rings. The smallest absolute Gasteiger partial charge is 0.229 e. The molecule has 4 aromatic rings. The Morgan fingerprint density at radius 1 is 0.821 bits per heavy atom. The summed E-state index contributed by atoms with van der Waals surface area (Å²) in [6.45, 7) is 3.82. The molecule has 1 heterocycles. The lowest BCUT2D eigenvalue weighted by atomic mass is 10.2. The minimum Gasteiger partial charge on any atom is -0.508 e. The molecule has 1 aromatic heterocycles. The Balaban J connectivity index is 1.80. The number of aromatic nitrogens is 2. The maximum Gasteiger partial charge on any atom is 0.229 e. The molecule has 0 amide bonds. The zero-order valence-electron chi connectivity index (χ0n) is 15.5. The summed E-state index contributed by atoms with van der Waals surface area (Å²) in [5, 5.41) is 17.1. The number of phenols is 1. The van der Waals surface area contributed by atoms with Gasteiger partial charge in [-0.3, -0.25) is 0 Å². The van der Waals surface area contributed by atoms with Crippen LogP contribution in [0.1, 0.15) is 11.1 Å². The van der Waals surface area contributed by atoms with Gasteiger partial charge in [-0.15, -0.1) is 0 Å². The molecule has 0 aliphatic carbocycles. The Hall–Kier alpha value is -3.67. The molecule has 5 nitrogen and oxygen atoms in total. The van der Waals surface area contributed by atoms with Gasteiger partial charge in [0.15, 0.2) is 0 Å². The number of hydrogen-bond acceptors (Lipinski definition) is 5. The molecule has 28 heavy (non-hydrogen) atoms. The third-order valence-electron chi connectivity index (χ3n) is 4.51. The van der Waals surface area contributed by atoms with Gasteiger partial charge in [0, 0.05) is 16.8 Å². The molecule has 0 bridgehead atoms. The van der Waals surface area contributed by atoms with Crippen molar-refractivity contribution in [2.24, 2.45) is 0 Å². The molecule has 140 valence electrons. The number of halogens is 1. The Morgan fingerprint density at radius 3 is 2.39 bits per heavy atom. The van der Waals surface area contributed by atoms with Crippen molar-refractivity contribution in [2.45, 2.75) is 13.8 Å². The van der Waals surface area contributed by atoms with E-state index < -0.39 is 0 Å². The zero-order chi connectivity index (χ0) is 19.7. The molecule has 0 saturated carbocycles. The van der Waals surface area contributed by atoms with Crippen molar-refractivity contribution < 1.29 is 9.50 Å². The topological polar surface area (TPSA) is 70.1 Å². The Bertz CT molecular complexity index is 1180. The Labute approximate surface area is 161 Å². The second kappa shape index (κ2) is 7.15. The number of hydrogen-bond donors (Lipinski definition) is 3. The van der Waals surface area contributed by atoms with Crippen molar-refractivity contribution in [1.29, 1.82) is 0 Å². The minimum absolute atomic E-state index is 0.138. The van der Waals surface area contributed by atoms with Crippen molar-refractivity contribution in [3.63, 3.8) is 0 Å². The summed E-state index contributed by atoms with van der Waals surface area (Å²) >= 11 is 0. The van der Waals surface area contributed by atoms with Crippen LogP contribution in [0.25, 0.3) is 10.9 Å². The number of aryl methyl sites for hydroxylation is 2. The lowest BCUT2D eigenvalue weighted by molar-refractivity contribution is 0.476. The van der Waals surface area contributed by atoms with E-state index in [4.69, 9.17) is 0 Å². The normalized spacial score (nSPS) is 10.8. The summed E-state index contributed by atoms with van der Waals surface area (Å²) in [6, 6.07) is 17.3. The molecule has 6 heteroatoms. The SMILES string of the molecule is Cc1cc(F)ccc1Nc1nc(Nc2ccccc2C)c2cc(O)ccc2n1. The predicted molar refractivity (Wildman–Crippen MR) is 110 cm³/mol. The number of para-hydroxylation sites is 1. The summed E-state index contributed by atoms with van der Waals surface area (Å²) in [4.78, 5) is 9.13. The summed E-state index contributed by atoms with van der Waals surface area (Å²) in [6.07, 6.45) is 0. The van der Waals surface area contributed by atoms with Crippen LogP contribution in [0.3, 0.4) is 0 Å². The van der Waals surface area contributed by atoms with E-state index in [0.717, 1.165) is 22.5 Å². The molecule has 0 aliphatic heterocycles. The molecule has 0 spiro atoms. The second-order valence-corrected chi connectivity index (χ2v) is 6.62. The van der Waals surface area contributed by atoms with Gasteiger partial charge in [0.05, 0.1) is 5.52 Å². The highest BCUT2D eigenvalue weighted by Gasteiger charge is 2.11. The zero-order valence-corrected chi connectivity index (χ0v) is 15.5. The first-order valence-electron chi connectivity index (χ1n) is 8.86. The van der Waals surface area contributed by atoms with Crippen LogP contribution >= 0.6 is 0 Å². The number of phenolic OH excluding ortho intramolecular Hbond substituents is 1. The van der Waals surface area contributed by atoms with E-state index in [1.807, 2.05) is 38.1 Å². The first-order valence-corrected chi connectivity index (χ1v) is 8.86. The third-order valence-corrected chi connectivity index (χ3v) is 4.51. The van der Waals surface area contributed by atoms with E-state index in [9.17, 15) is 9.50 Å². The number of nitrogens with one attached hydrogen (secondary N) is 2. The van der Waals surface area contributed by atoms with Gasteiger partial charge in [-0.05, 0) is 67.4 Å². The van der Waals surface area contributed by atoms with E-state index in [2.05, 4.69) is 20.6 Å². The predicted octanol–water partition coefficient (Wildman–Crippen LogP) is 5.58. The van der Waals surface area contributed by atoms with Gasteiger partial charge in [0.1, 0.15) is 17.4 Å². The van der Waals surface area contributed by atoms with Crippen molar-refractivity contribution in [3.8, 4) is 5.75 Å². The number of anilines is 4. The van der Waals surface area contributed by atoms with E-state index in [0.29, 0.717) is 22.7 Å². The number of benzene rings is 3.